The zero-order valence-corrected chi connectivity index (χ0v) is 11.5. The normalized spacial score (nSPS) is 24.1. The van der Waals surface area contributed by atoms with Gasteiger partial charge in [0, 0.05) is 18.6 Å². The number of hydrogen-bond acceptors (Lipinski definition) is 4. The molecule has 1 aliphatic heterocycles. The van der Waals surface area contributed by atoms with Crippen molar-refractivity contribution in [2.75, 3.05) is 25.9 Å². The molecule has 0 aliphatic carbocycles. The Morgan fingerprint density at radius 1 is 1.56 bits per heavy atom. The summed E-state index contributed by atoms with van der Waals surface area (Å²) in [5, 5.41) is 0. The minimum absolute atomic E-state index is 0. The van der Waals surface area contributed by atoms with Crippen molar-refractivity contribution in [2.45, 2.75) is 31.8 Å². The van der Waals surface area contributed by atoms with Gasteiger partial charge in [0.05, 0.1) is 5.75 Å². The SMILES string of the molecule is CNS(=O)(=O)CC1CCCN1CC(C)N.Cl. The summed E-state index contributed by atoms with van der Waals surface area (Å²) >= 11 is 0. The first kappa shape index (κ1) is 16.1. The van der Waals surface area contributed by atoms with Gasteiger partial charge in [-0.25, -0.2) is 13.1 Å². The Labute approximate surface area is 104 Å². The molecule has 5 nitrogen and oxygen atoms in total. The van der Waals surface area contributed by atoms with E-state index in [9.17, 15) is 8.42 Å². The first-order valence-electron chi connectivity index (χ1n) is 5.35. The van der Waals surface area contributed by atoms with E-state index in [1.807, 2.05) is 6.92 Å². The van der Waals surface area contributed by atoms with Crippen molar-refractivity contribution >= 4 is 22.4 Å². The van der Waals surface area contributed by atoms with Crippen molar-refractivity contribution < 1.29 is 8.42 Å². The lowest BCUT2D eigenvalue weighted by molar-refractivity contribution is 0.257. The van der Waals surface area contributed by atoms with E-state index in [0.717, 1.165) is 25.9 Å². The molecule has 7 heteroatoms. The van der Waals surface area contributed by atoms with Crippen LogP contribution >= 0.6 is 12.4 Å². The molecular weight excluding hydrogens is 250 g/mol. The fourth-order valence-electron chi connectivity index (χ4n) is 2.03. The molecule has 0 amide bonds. The van der Waals surface area contributed by atoms with Crippen LogP contribution in [0.5, 0.6) is 0 Å². The third-order valence-corrected chi connectivity index (χ3v) is 4.19. The molecule has 0 aromatic rings. The third kappa shape index (κ3) is 4.97. The van der Waals surface area contributed by atoms with E-state index in [-0.39, 0.29) is 30.2 Å². The zero-order valence-electron chi connectivity index (χ0n) is 9.85. The van der Waals surface area contributed by atoms with Crippen LogP contribution in [0.4, 0.5) is 0 Å². The summed E-state index contributed by atoms with van der Waals surface area (Å²) in [5.41, 5.74) is 5.72. The Hall–Kier alpha value is 0.120. The zero-order chi connectivity index (χ0) is 11.5. The Kier molecular flexibility index (Phi) is 6.81. The Balaban J connectivity index is 0.00000225. The standard InChI is InChI=1S/C9H21N3O2S.ClH/c1-8(10)6-12-5-3-4-9(12)7-15(13,14)11-2;/h8-9,11H,3-7,10H2,1-2H3;1H. The van der Waals surface area contributed by atoms with Crippen LogP contribution in [0.3, 0.4) is 0 Å². The quantitative estimate of drug-likeness (QED) is 0.724. The van der Waals surface area contributed by atoms with Crippen molar-refractivity contribution in [3.63, 3.8) is 0 Å². The second-order valence-electron chi connectivity index (χ2n) is 4.25. The molecule has 0 radical (unpaired) electrons. The smallest absolute Gasteiger partial charge is 0.212 e. The van der Waals surface area contributed by atoms with Gasteiger partial charge in [-0.2, -0.15) is 0 Å². The van der Waals surface area contributed by atoms with Gasteiger partial charge in [0.25, 0.3) is 0 Å². The highest BCUT2D eigenvalue weighted by Crippen LogP contribution is 2.18. The topological polar surface area (TPSA) is 75.4 Å². The van der Waals surface area contributed by atoms with Crippen molar-refractivity contribution in [1.82, 2.24) is 9.62 Å². The van der Waals surface area contributed by atoms with Crippen LogP contribution in [0.15, 0.2) is 0 Å². The molecule has 3 N–H and O–H groups in total. The van der Waals surface area contributed by atoms with Gasteiger partial charge in [0.15, 0.2) is 0 Å². The van der Waals surface area contributed by atoms with E-state index in [0.29, 0.717) is 0 Å². The van der Waals surface area contributed by atoms with Crippen LogP contribution in [0.1, 0.15) is 19.8 Å². The maximum atomic E-state index is 11.4. The fraction of sp³-hybridized carbons (Fsp3) is 1.00. The van der Waals surface area contributed by atoms with Gasteiger partial charge in [0.1, 0.15) is 0 Å². The number of hydrogen-bond donors (Lipinski definition) is 2. The molecule has 1 saturated heterocycles. The molecule has 16 heavy (non-hydrogen) atoms. The third-order valence-electron chi connectivity index (χ3n) is 2.74. The molecule has 2 unspecified atom stereocenters. The van der Waals surface area contributed by atoms with Crippen LogP contribution in [0, 0.1) is 0 Å². The predicted molar refractivity (Wildman–Crippen MR) is 68.3 cm³/mol. The van der Waals surface area contributed by atoms with Crippen molar-refractivity contribution in [2.24, 2.45) is 5.73 Å². The number of nitrogens with one attached hydrogen (secondary N) is 1. The van der Waals surface area contributed by atoms with E-state index in [2.05, 4.69) is 9.62 Å². The summed E-state index contributed by atoms with van der Waals surface area (Å²) in [4.78, 5) is 2.18. The molecule has 0 spiro atoms. The number of halogens is 1. The largest absolute Gasteiger partial charge is 0.327 e. The van der Waals surface area contributed by atoms with Gasteiger partial charge < -0.3 is 5.73 Å². The molecule has 1 rings (SSSR count). The molecule has 98 valence electrons. The Morgan fingerprint density at radius 3 is 2.69 bits per heavy atom. The first-order valence-corrected chi connectivity index (χ1v) is 7.00. The maximum absolute atomic E-state index is 11.4. The highest BCUT2D eigenvalue weighted by molar-refractivity contribution is 7.89. The van der Waals surface area contributed by atoms with Gasteiger partial charge in [-0.3, -0.25) is 4.90 Å². The van der Waals surface area contributed by atoms with Crippen LogP contribution < -0.4 is 10.5 Å². The van der Waals surface area contributed by atoms with Crippen molar-refractivity contribution in [3.8, 4) is 0 Å². The van der Waals surface area contributed by atoms with Gasteiger partial charge in [-0.1, -0.05) is 0 Å². The average molecular weight is 272 g/mol. The number of likely N-dealkylation sites (tertiary alicyclic amines) is 1. The van der Waals surface area contributed by atoms with Crippen LogP contribution in [-0.4, -0.2) is 51.3 Å². The summed E-state index contributed by atoms with van der Waals surface area (Å²) in [7, 11) is -1.65. The van der Waals surface area contributed by atoms with Gasteiger partial charge in [-0.15, -0.1) is 12.4 Å². The van der Waals surface area contributed by atoms with E-state index < -0.39 is 10.0 Å². The highest BCUT2D eigenvalue weighted by atomic mass is 35.5. The molecule has 0 saturated carbocycles. The minimum Gasteiger partial charge on any atom is -0.327 e. The lowest BCUT2D eigenvalue weighted by atomic mass is 10.2. The maximum Gasteiger partial charge on any atom is 0.212 e. The highest BCUT2D eigenvalue weighted by Gasteiger charge is 2.28. The van der Waals surface area contributed by atoms with Crippen molar-refractivity contribution in [1.29, 1.82) is 0 Å². The van der Waals surface area contributed by atoms with E-state index in [4.69, 9.17) is 5.73 Å². The summed E-state index contributed by atoms with van der Waals surface area (Å²) in [5.74, 6) is 0.191. The first-order chi connectivity index (χ1) is 6.94. The van der Waals surface area contributed by atoms with E-state index in [1.165, 1.54) is 7.05 Å². The monoisotopic (exact) mass is 271 g/mol. The van der Waals surface area contributed by atoms with Crippen LogP contribution in [0.25, 0.3) is 0 Å². The Bertz CT molecular complexity index is 295. The van der Waals surface area contributed by atoms with Crippen LogP contribution in [-0.2, 0) is 10.0 Å². The fourth-order valence-corrected chi connectivity index (χ4v) is 3.08. The molecule has 1 aliphatic rings. The lowest BCUT2D eigenvalue weighted by Gasteiger charge is -2.25. The van der Waals surface area contributed by atoms with E-state index in [1.54, 1.807) is 0 Å². The molecular formula is C9H22ClN3O2S. The van der Waals surface area contributed by atoms with Gasteiger partial charge in [0.2, 0.25) is 10.0 Å². The minimum atomic E-state index is -3.10. The van der Waals surface area contributed by atoms with Crippen molar-refractivity contribution in [3.05, 3.63) is 0 Å². The summed E-state index contributed by atoms with van der Waals surface area (Å²) in [6.07, 6.45) is 2.02. The summed E-state index contributed by atoms with van der Waals surface area (Å²) in [6.45, 7) is 3.69. The molecule has 2 atom stereocenters. The van der Waals surface area contributed by atoms with Gasteiger partial charge in [-0.05, 0) is 33.4 Å². The number of sulfonamides is 1. The molecule has 0 bridgehead atoms. The Morgan fingerprint density at radius 2 is 2.19 bits per heavy atom. The molecule has 0 aromatic carbocycles. The van der Waals surface area contributed by atoms with Gasteiger partial charge >= 0.3 is 0 Å². The lowest BCUT2D eigenvalue weighted by Crippen LogP contribution is -2.43. The number of nitrogens with zero attached hydrogens (tertiary/aromatic N) is 1. The molecule has 1 fully saturated rings. The van der Waals surface area contributed by atoms with Crippen LogP contribution in [0.2, 0.25) is 0 Å². The predicted octanol–water partition coefficient (Wildman–Crippen LogP) is -0.231. The second-order valence-corrected chi connectivity index (χ2v) is 6.22. The summed E-state index contributed by atoms with van der Waals surface area (Å²) in [6, 6.07) is 0.233. The number of nitrogens with two attached hydrogens (primary N) is 1. The van der Waals surface area contributed by atoms with E-state index >= 15 is 0 Å². The molecule has 0 aromatic heterocycles. The second kappa shape index (κ2) is 6.76. The molecule has 1 heterocycles. The summed E-state index contributed by atoms with van der Waals surface area (Å²) < 4.78 is 25.2. The number of rotatable bonds is 5. The average Bonchev–Trinajstić information content (AvgIpc) is 2.51.